The summed E-state index contributed by atoms with van der Waals surface area (Å²) in [6, 6.07) is 21.3. The first-order chi connectivity index (χ1) is 13.6. The Hall–Kier alpha value is -3.18. The smallest absolute Gasteiger partial charge is 0.170 e. The van der Waals surface area contributed by atoms with Crippen LogP contribution in [0.25, 0.3) is 16.8 Å². The van der Waals surface area contributed by atoms with E-state index in [2.05, 4.69) is 102 Å². The zero-order valence-corrected chi connectivity index (χ0v) is 16.6. The molecule has 4 rings (SSSR count). The van der Waals surface area contributed by atoms with Crippen LogP contribution in [0.2, 0.25) is 0 Å². The Kier molecular flexibility index (Phi) is 5.08. The number of anilines is 1. The van der Waals surface area contributed by atoms with Gasteiger partial charge in [-0.2, -0.15) is 0 Å². The summed E-state index contributed by atoms with van der Waals surface area (Å²) in [5, 5.41) is 12.0. The number of benzene rings is 2. The number of pyridine rings is 1. The summed E-state index contributed by atoms with van der Waals surface area (Å²) in [5.41, 5.74) is 6.94. The number of hydrogen-bond acceptors (Lipinski definition) is 4. The van der Waals surface area contributed by atoms with Gasteiger partial charge in [-0.15, -0.1) is 10.2 Å². The average molecular weight is 371 g/mol. The molecule has 5 nitrogen and oxygen atoms in total. The van der Waals surface area contributed by atoms with Gasteiger partial charge < -0.3 is 10.2 Å². The highest BCUT2D eigenvalue weighted by molar-refractivity contribution is 5.79. The number of rotatable bonds is 6. The summed E-state index contributed by atoms with van der Waals surface area (Å²) in [5.74, 6) is 0.983. The minimum absolute atomic E-state index is 0.762. The van der Waals surface area contributed by atoms with Gasteiger partial charge in [-0.3, -0.25) is 4.40 Å². The largest absolute Gasteiger partial charge is 0.367 e. The molecule has 2 aromatic heterocycles. The molecule has 142 valence electrons. The maximum absolute atomic E-state index is 4.36. The minimum atomic E-state index is 0.762. The van der Waals surface area contributed by atoms with Crippen molar-refractivity contribution in [3.63, 3.8) is 0 Å². The number of hydrogen-bond donors (Lipinski definition) is 1. The molecule has 0 fully saturated rings. The maximum atomic E-state index is 4.36. The summed E-state index contributed by atoms with van der Waals surface area (Å²) in [7, 11) is 4.16. The topological polar surface area (TPSA) is 45.5 Å². The molecule has 0 atom stereocenters. The van der Waals surface area contributed by atoms with Crippen LogP contribution in [0.4, 0.5) is 5.82 Å². The lowest BCUT2D eigenvalue weighted by molar-refractivity contribution is 0.402. The molecule has 0 saturated heterocycles. The molecule has 1 N–H and O–H groups in total. The Morgan fingerprint density at radius 3 is 2.50 bits per heavy atom. The lowest BCUT2D eigenvalue weighted by Gasteiger charge is -2.13. The summed E-state index contributed by atoms with van der Waals surface area (Å²) >= 11 is 0. The van der Waals surface area contributed by atoms with Gasteiger partial charge >= 0.3 is 0 Å². The van der Waals surface area contributed by atoms with Crippen molar-refractivity contribution in [2.45, 2.75) is 20.0 Å². The Bertz CT molecular complexity index is 1080. The first-order valence-electron chi connectivity index (χ1n) is 9.47. The van der Waals surface area contributed by atoms with Crippen LogP contribution in [-0.2, 0) is 13.1 Å². The third kappa shape index (κ3) is 3.75. The van der Waals surface area contributed by atoms with Gasteiger partial charge in [0.2, 0.25) is 0 Å². The van der Waals surface area contributed by atoms with Gasteiger partial charge in [0.05, 0.1) is 0 Å². The van der Waals surface area contributed by atoms with Crippen LogP contribution in [0.3, 0.4) is 0 Å². The highest BCUT2D eigenvalue weighted by Gasteiger charge is 2.10. The molecule has 2 aromatic carbocycles. The van der Waals surface area contributed by atoms with E-state index in [9.17, 15) is 0 Å². The van der Waals surface area contributed by atoms with E-state index in [1.807, 2.05) is 4.40 Å². The van der Waals surface area contributed by atoms with Gasteiger partial charge in [-0.1, -0.05) is 48.5 Å². The van der Waals surface area contributed by atoms with E-state index in [1.165, 1.54) is 16.7 Å². The van der Waals surface area contributed by atoms with Crippen molar-refractivity contribution < 1.29 is 0 Å². The Labute approximate surface area is 165 Å². The van der Waals surface area contributed by atoms with Crippen LogP contribution in [0.5, 0.6) is 0 Å². The lowest BCUT2D eigenvalue weighted by Crippen LogP contribution is -2.10. The predicted octanol–water partition coefficient (Wildman–Crippen LogP) is 4.38. The van der Waals surface area contributed by atoms with E-state index in [4.69, 9.17) is 0 Å². The van der Waals surface area contributed by atoms with E-state index < -0.39 is 0 Å². The molecule has 4 aromatic rings. The van der Waals surface area contributed by atoms with Crippen LogP contribution in [0.1, 0.15) is 16.7 Å². The Balaban J connectivity index is 1.61. The molecular formula is C23H25N5. The fraction of sp³-hybridized carbons (Fsp3) is 0.217. The minimum Gasteiger partial charge on any atom is -0.367 e. The van der Waals surface area contributed by atoms with E-state index >= 15 is 0 Å². The molecule has 0 spiro atoms. The summed E-state index contributed by atoms with van der Waals surface area (Å²) in [4.78, 5) is 2.17. The van der Waals surface area contributed by atoms with Gasteiger partial charge in [0, 0.05) is 18.7 Å². The first kappa shape index (κ1) is 18.2. The van der Waals surface area contributed by atoms with E-state index in [0.717, 1.165) is 35.7 Å². The zero-order chi connectivity index (χ0) is 19.5. The molecule has 2 heterocycles. The Morgan fingerprint density at radius 2 is 1.75 bits per heavy atom. The average Bonchev–Trinajstić information content (AvgIpc) is 3.18. The second-order valence-electron chi connectivity index (χ2n) is 7.37. The summed E-state index contributed by atoms with van der Waals surface area (Å²) in [6.45, 7) is 3.83. The van der Waals surface area contributed by atoms with Crippen LogP contribution in [0, 0.1) is 6.92 Å². The SMILES string of the molecule is Cc1ccccc1CNc1ccc(-c2ccc(CN(C)C)cc2)c2nncn12. The van der Waals surface area contributed by atoms with Crippen molar-refractivity contribution in [1.82, 2.24) is 19.5 Å². The van der Waals surface area contributed by atoms with Crippen LogP contribution in [0.15, 0.2) is 67.0 Å². The number of nitrogens with one attached hydrogen (secondary N) is 1. The highest BCUT2D eigenvalue weighted by atomic mass is 15.3. The van der Waals surface area contributed by atoms with E-state index in [0.29, 0.717) is 0 Å². The second kappa shape index (κ2) is 7.82. The van der Waals surface area contributed by atoms with Crippen molar-refractivity contribution in [2.75, 3.05) is 19.4 Å². The highest BCUT2D eigenvalue weighted by Crippen LogP contribution is 2.27. The van der Waals surface area contributed by atoms with Gasteiger partial charge in [0.1, 0.15) is 12.1 Å². The lowest BCUT2D eigenvalue weighted by atomic mass is 10.0. The fourth-order valence-electron chi connectivity index (χ4n) is 3.43. The monoisotopic (exact) mass is 371 g/mol. The molecule has 0 saturated carbocycles. The van der Waals surface area contributed by atoms with Gasteiger partial charge in [-0.25, -0.2) is 0 Å². The number of fused-ring (bicyclic) bond motifs is 1. The van der Waals surface area contributed by atoms with E-state index in [-0.39, 0.29) is 0 Å². The molecule has 0 aliphatic heterocycles. The normalized spacial score (nSPS) is 11.3. The number of aryl methyl sites for hydroxylation is 1. The van der Waals surface area contributed by atoms with Crippen molar-refractivity contribution in [3.05, 3.63) is 83.7 Å². The van der Waals surface area contributed by atoms with Crippen LogP contribution in [-0.4, -0.2) is 33.6 Å². The summed E-state index contributed by atoms with van der Waals surface area (Å²) in [6.07, 6.45) is 1.76. The van der Waals surface area contributed by atoms with Gasteiger partial charge in [0.15, 0.2) is 5.65 Å². The quantitative estimate of drug-likeness (QED) is 0.546. The first-order valence-corrected chi connectivity index (χ1v) is 9.47. The third-order valence-corrected chi connectivity index (χ3v) is 4.94. The number of nitrogens with zero attached hydrogens (tertiary/aromatic N) is 4. The molecule has 0 bridgehead atoms. The molecular weight excluding hydrogens is 346 g/mol. The van der Waals surface area contributed by atoms with E-state index in [1.54, 1.807) is 6.33 Å². The van der Waals surface area contributed by atoms with Crippen LogP contribution >= 0.6 is 0 Å². The third-order valence-electron chi connectivity index (χ3n) is 4.94. The van der Waals surface area contributed by atoms with Gasteiger partial charge in [0.25, 0.3) is 0 Å². The molecule has 0 aliphatic carbocycles. The fourth-order valence-corrected chi connectivity index (χ4v) is 3.43. The maximum Gasteiger partial charge on any atom is 0.170 e. The second-order valence-corrected chi connectivity index (χ2v) is 7.37. The van der Waals surface area contributed by atoms with Gasteiger partial charge in [-0.05, 0) is 55.4 Å². The van der Waals surface area contributed by atoms with Crippen molar-refractivity contribution in [1.29, 1.82) is 0 Å². The zero-order valence-electron chi connectivity index (χ0n) is 16.6. The Morgan fingerprint density at radius 1 is 0.964 bits per heavy atom. The predicted molar refractivity (Wildman–Crippen MR) is 114 cm³/mol. The van der Waals surface area contributed by atoms with Crippen molar-refractivity contribution in [3.8, 4) is 11.1 Å². The molecule has 28 heavy (non-hydrogen) atoms. The standard InChI is InChI=1S/C23H25N5/c1-17-6-4-5-7-20(17)14-24-22-13-12-21(23-26-25-16-28(22)23)19-10-8-18(9-11-19)15-27(2)3/h4-13,16,24H,14-15H2,1-3H3. The molecule has 0 unspecified atom stereocenters. The molecule has 0 aliphatic rings. The molecule has 0 amide bonds. The van der Waals surface area contributed by atoms with Crippen molar-refractivity contribution >= 4 is 11.5 Å². The summed E-state index contributed by atoms with van der Waals surface area (Å²) < 4.78 is 2.02. The molecule has 0 radical (unpaired) electrons. The van der Waals surface area contributed by atoms with Crippen LogP contribution < -0.4 is 5.32 Å². The van der Waals surface area contributed by atoms with Crippen molar-refractivity contribution in [2.24, 2.45) is 0 Å². The number of aromatic nitrogens is 3. The molecule has 5 heteroatoms.